The summed E-state index contributed by atoms with van der Waals surface area (Å²) in [6.07, 6.45) is 3.41. The van der Waals surface area contributed by atoms with Gasteiger partial charge in [-0.2, -0.15) is 0 Å². The summed E-state index contributed by atoms with van der Waals surface area (Å²) < 4.78 is 11.0. The van der Waals surface area contributed by atoms with Crippen molar-refractivity contribution in [1.29, 1.82) is 0 Å². The lowest BCUT2D eigenvalue weighted by Gasteiger charge is -2.12. The van der Waals surface area contributed by atoms with Crippen LogP contribution in [0.1, 0.15) is 35.2 Å². The molecule has 112 valence electrons. The summed E-state index contributed by atoms with van der Waals surface area (Å²) >= 11 is 0. The quantitative estimate of drug-likeness (QED) is 0.892. The molecule has 0 unspecified atom stereocenters. The molecule has 5 nitrogen and oxygen atoms in total. The lowest BCUT2D eigenvalue weighted by atomic mass is 10.1. The van der Waals surface area contributed by atoms with Gasteiger partial charge in [0.2, 0.25) is 0 Å². The second-order valence-electron chi connectivity index (χ2n) is 5.43. The molecule has 1 amide bonds. The van der Waals surface area contributed by atoms with Crippen LogP contribution in [0.2, 0.25) is 0 Å². The van der Waals surface area contributed by atoms with Gasteiger partial charge in [-0.25, -0.2) is 0 Å². The molecule has 1 heterocycles. The SMILES string of the molecule is O=C(COc1cccc2c1CCC2=O)NC[C@@H]1CCCO1. The van der Waals surface area contributed by atoms with E-state index in [1.807, 2.05) is 12.1 Å². The molecule has 0 bridgehead atoms. The number of rotatable bonds is 5. The van der Waals surface area contributed by atoms with E-state index < -0.39 is 0 Å². The van der Waals surface area contributed by atoms with Crippen LogP contribution in [0.25, 0.3) is 0 Å². The Bertz CT molecular complexity index is 549. The maximum Gasteiger partial charge on any atom is 0.258 e. The monoisotopic (exact) mass is 289 g/mol. The Labute approximate surface area is 123 Å². The molecule has 1 saturated heterocycles. The Morgan fingerprint density at radius 2 is 2.29 bits per heavy atom. The van der Waals surface area contributed by atoms with Crippen molar-refractivity contribution >= 4 is 11.7 Å². The van der Waals surface area contributed by atoms with E-state index in [0.29, 0.717) is 25.1 Å². The molecule has 21 heavy (non-hydrogen) atoms. The fourth-order valence-corrected chi connectivity index (χ4v) is 2.82. The van der Waals surface area contributed by atoms with Gasteiger partial charge in [0.1, 0.15) is 5.75 Å². The molecule has 1 aliphatic heterocycles. The van der Waals surface area contributed by atoms with Crippen molar-refractivity contribution in [3.8, 4) is 5.75 Å². The number of ketones is 1. The number of fused-ring (bicyclic) bond motifs is 1. The van der Waals surface area contributed by atoms with Gasteiger partial charge in [-0.3, -0.25) is 9.59 Å². The van der Waals surface area contributed by atoms with Crippen LogP contribution in [0.3, 0.4) is 0 Å². The zero-order chi connectivity index (χ0) is 14.7. The van der Waals surface area contributed by atoms with Gasteiger partial charge >= 0.3 is 0 Å². The van der Waals surface area contributed by atoms with Gasteiger partial charge in [-0.15, -0.1) is 0 Å². The molecule has 1 aromatic rings. The van der Waals surface area contributed by atoms with Crippen LogP contribution in [-0.4, -0.2) is 37.6 Å². The molecular formula is C16H19NO4. The Balaban J connectivity index is 1.51. The molecular weight excluding hydrogens is 270 g/mol. The molecule has 1 aliphatic carbocycles. The summed E-state index contributed by atoms with van der Waals surface area (Å²) in [5.74, 6) is 0.635. The minimum absolute atomic E-state index is 0.0304. The zero-order valence-electron chi connectivity index (χ0n) is 11.9. The molecule has 0 spiro atoms. The van der Waals surface area contributed by atoms with Gasteiger partial charge in [0.05, 0.1) is 6.10 Å². The van der Waals surface area contributed by atoms with Gasteiger partial charge in [-0.1, -0.05) is 12.1 Å². The lowest BCUT2D eigenvalue weighted by molar-refractivity contribution is -0.123. The highest BCUT2D eigenvalue weighted by Crippen LogP contribution is 2.30. The van der Waals surface area contributed by atoms with E-state index in [1.54, 1.807) is 6.07 Å². The maximum absolute atomic E-state index is 11.8. The van der Waals surface area contributed by atoms with Crippen LogP contribution in [-0.2, 0) is 16.0 Å². The topological polar surface area (TPSA) is 64.6 Å². The van der Waals surface area contributed by atoms with Crippen molar-refractivity contribution < 1.29 is 19.1 Å². The van der Waals surface area contributed by atoms with Crippen molar-refractivity contribution in [2.75, 3.05) is 19.8 Å². The zero-order valence-corrected chi connectivity index (χ0v) is 11.9. The Morgan fingerprint density at radius 3 is 3.10 bits per heavy atom. The molecule has 1 fully saturated rings. The first kappa shape index (κ1) is 14.1. The summed E-state index contributed by atoms with van der Waals surface area (Å²) in [5.41, 5.74) is 1.65. The first-order chi connectivity index (χ1) is 10.2. The fraction of sp³-hybridized carbons (Fsp3) is 0.500. The highest BCUT2D eigenvalue weighted by molar-refractivity contribution is 6.01. The largest absolute Gasteiger partial charge is 0.483 e. The second kappa shape index (κ2) is 6.26. The Hall–Kier alpha value is -1.88. The number of Topliss-reactive ketones (excluding diaryl/α,β-unsaturated/α-hetero) is 1. The van der Waals surface area contributed by atoms with Crippen molar-refractivity contribution in [1.82, 2.24) is 5.32 Å². The third kappa shape index (κ3) is 3.24. The smallest absolute Gasteiger partial charge is 0.258 e. The third-order valence-corrected chi connectivity index (χ3v) is 3.95. The van der Waals surface area contributed by atoms with E-state index in [2.05, 4.69) is 5.32 Å². The molecule has 3 rings (SSSR count). The summed E-state index contributed by atoms with van der Waals surface area (Å²) in [6.45, 7) is 1.28. The number of carbonyl (C=O) groups excluding carboxylic acids is 2. The molecule has 1 atom stereocenters. The van der Waals surface area contributed by atoms with E-state index in [4.69, 9.17) is 9.47 Å². The average molecular weight is 289 g/mol. The summed E-state index contributed by atoms with van der Waals surface area (Å²) in [4.78, 5) is 23.4. The highest BCUT2D eigenvalue weighted by atomic mass is 16.5. The molecule has 0 aromatic heterocycles. The van der Waals surface area contributed by atoms with E-state index >= 15 is 0 Å². The van der Waals surface area contributed by atoms with Crippen LogP contribution >= 0.6 is 0 Å². The number of nitrogens with one attached hydrogen (secondary N) is 1. The minimum Gasteiger partial charge on any atom is -0.483 e. The third-order valence-electron chi connectivity index (χ3n) is 3.95. The van der Waals surface area contributed by atoms with Crippen molar-refractivity contribution in [2.24, 2.45) is 0 Å². The average Bonchev–Trinajstić information content (AvgIpc) is 3.13. The van der Waals surface area contributed by atoms with E-state index in [9.17, 15) is 9.59 Å². The summed E-state index contributed by atoms with van der Waals surface area (Å²) in [5, 5.41) is 2.82. The van der Waals surface area contributed by atoms with Crippen LogP contribution in [0, 0.1) is 0 Å². The highest BCUT2D eigenvalue weighted by Gasteiger charge is 2.23. The number of carbonyl (C=O) groups is 2. The van der Waals surface area contributed by atoms with Gasteiger partial charge in [0.25, 0.3) is 5.91 Å². The number of benzene rings is 1. The summed E-state index contributed by atoms with van der Waals surface area (Å²) in [7, 11) is 0. The van der Waals surface area contributed by atoms with Crippen molar-refractivity contribution in [3.05, 3.63) is 29.3 Å². The number of hydrogen-bond acceptors (Lipinski definition) is 4. The van der Waals surface area contributed by atoms with E-state index in [0.717, 1.165) is 30.6 Å². The van der Waals surface area contributed by atoms with Crippen molar-refractivity contribution in [3.63, 3.8) is 0 Å². The molecule has 0 radical (unpaired) electrons. The second-order valence-corrected chi connectivity index (χ2v) is 5.43. The minimum atomic E-state index is -0.160. The first-order valence-electron chi connectivity index (χ1n) is 7.40. The molecule has 1 N–H and O–H groups in total. The van der Waals surface area contributed by atoms with E-state index in [1.165, 1.54) is 0 Å². The molecule has 2 aliphatic rings. The van der Waals surface area contributed by atoms with Gasteiger partial charge in [0, 0.05) is 30.7 Å². The fourth-order valence-electron chi connectivity index (χ4n) is 2.82. The summed E-state index contributed by atoms with van der Waals surface area (Å²) in [6, 6.07) is 5.42. The van der Waals surface area contributed by atoms with Gasteiger partial charge in [-0.05, 0) is 25.3 Å². The van der Waals surface area contributed by atoms with Gasteiger partial charge in [0.15, 0.2) is 12.4 Å². The lowest BCUT2D eigenvalue weighted by Crippen LogP contribution is -2.35. The standard InChI is InChI=1S/C16H19NO4/c18-14-7-6-13-12(14)4-1-5-15(13)21-10-16(19)17-9-11-3-2-8-20-11/h1,4-5,11H,2-3,6-10H2,(H,17,19)/t11-/m0/s1. The number of hydrogen-bond donors (Lipinski definition) is 1. The predicted molar refractivity (Wildman–Crippen MR) is 76.6 cm³/mol. The molecule has 5 heteroatoms. The van der Waals surface area contributed by atoms with Crippen molar-refractivity contribution in [2.45, 2.75) is 31.8 Å². The normalized spacial score (nSPS) is 20.4. The predicted octanol–water partition coefficient (Wildman–Crippen LogP) is 1.49. The van der Waals surface area contributed by atoms with E-state index in [-0.39, 0.29) is 24.4 Å². The molecule has 0 saturated carbocycles. The number of amides is 1. The van der Waals surface area contributed by atoms with Crippen LogP contribution in [0.4, 0.5) is 0 Å². The first-order valence-corrected chi connectivity index (χ1v) is 7.40. The number of ether oxygens (including phenoxy) is 2. The Kier molecular flexibility index (Phi) is 4.20. The van der Waals surface area contributed by atoms with Crippen LogP contribution in [0.15, 0.2) is 18.2 Å². The Morgan fingerprint density at radius 1 is 1.38 bits per heavy atom. The molecule has 1 aromatic carbocycles. The van der Waals surface area contributed by atoms with Crippen LogP contribution in [0.5, 0.6) is 5.75 Å². The van der Waals surface area contributed by atoms with Gasteiger partial charge < -0.3 is 14.8 Å². The maximum atomic E-state index is 11.8. The van der Waals surface area contributed by atoms with Crippen LogP contribution < -0.4 is 10.1 Å².